The summed E-state index contributed by atoms with van der Waals surface area (Å²) in [7, 11) is 0. The monoisotopic (exact) mass is 241 g/mol. The molecule has 2 rings (SSSR count). The molecule has 0 saturated carbocycles. The molecule has 0 unspecified atom stereocenters. The van der Waals surface area contributed by atoms with Crippen LogP contribution in [0.5, 0.6) is 0 Å². The lowest BCUT2D eigenvalue weighted by Crippen LogP contribution is -2.24. The van der Waals surface area contributed by atoms with E-state index < -0.39 is 0 Å². The van der Waals surface area contributed by atoms with Crippen LogP contribution >= 0.6 is 0 Å². The minimum absolute atomic E-state index is 0.161. The first kappa shape index (κ1) is 12.1. The normalized spacial score (nSPS) is 10.0. The zero-order chi connectivity index (χ0) is 12.8. The quantitative estimate of drug-likeness (QED) is 0.644. The van der Waals surface area contributed by atoms with E-state index in [1.807, 2.05) is 30.3 Å². The van der Waals surface area contributed by atoms with Gasteiger partial charge in [-0.1, -0.05) is 24.3 Å². The summed E-state index contributed by atoms with van der Waals surface area (Å²) in [6.45, 7) is 4.19. The van der Waals surface area contributed by atoms with Crippen LogP contribution in [0.25, 0.3) is 5.69 Å². The van der Waals surface area contributed by atoms with Gasteiger partial charge in [0.25, 0.3) is 5.91 Å². The van der Waals surface area contributed by atoms with Crippen molar-refractivity contribution in [1.82, 2.24) is 15.1 Å². The molecule has 0 aliphatic rings. The van der Waals surface area contributed by atoms with Crippen LogP contribution in [0, 0.1) is 0 Å². The molecule has 0 aliphatic carbocycles. The van der Waals surface area contributed by atoms with Crippen molar-refractivity contribution in [3.63, 3.8) is 0 Å². The third-order valence-corrected chi connectivity index (χ3v) is 2.48. The third kappa shape index (κ3) is 2.85. The predicted molar refractivity (Wildman–Crippen MR) is 70.7 cm³/mol. The van der Waals surface area contributed by atoms with Crippen molar-refractivity contribution >= 4 is 5.91 Å². The van der Waals surface area contributed by atoms with Crippen LogP contribution < -0.4 is 5.32 Å². The van der Waals surface area contributed by atoms with Crippen molar-refractivity contribution in [3.8, 4) is 5.69 Å². The van der Waals surface area contributed by atoms with E-state index in [0.717, 1.165) is 12.1 Å². The molecule has 0 atom stereocenters. The van der Waals surface area contributed by atoms with Gasteiger partial charge in [0.05, 0.1) is 5.69 Å². The fourth-order valence-corrected chi connectivity index (χ4v) is 1.55. The number of nitrogens with zero attached hydrogens (tertiary/aromatic N) is 2. The van der Waals surface area contributed by atoms with Crippen molar-refractivity contribution in [2.24, 2.45) is 0 Å². The lowest BCUT2D eigenvalue weighted by Gasteiger charge is -2.01. The zero-order valence-electron chi connectivity index (χ0n) is 10.0. The first-order valence-electron chi connectivity index (χ1n) is 5.81. The maximum atomic E-state index is 11.7. The molecule has 1 aromatic carbocycles. The van der Waals surface area contributed by atoms with Crippen molar-refractivity contribution in [3.05, 3.63) is 60.9 Å². The maximum absolute atomic E-state index is 11.7. The van der Waals surface area contributed by atoms with Gasteiger partial charge in [0.2, 0.25) is 0 Å². The van der Waals surface area contributed by atoms with E-state index in [1.54, 1.807) is 23.0 Å². The first-order valence-corrected chi connectivity index (χ1v) is 5.81. The summed E-state index contributed by atoms with van der Waals surface area (Å²) in [5.74, 6) is -0.161. The number of rotatable bonds is 5. The summed E-state index contributed by atoms with van der Waals surface area (Å²) in [4.78, 5) is 11.7. The maximum Gasteiger partial charge on any atom is 0.271 e. The van der Waals surface area contributed by atoms with Crippen molar-refractivity contribution in [2.45, 2.75) is 6.42 Å². The fraction of sp³-hybridized carbons (Fsp3) is 0.143. The number of hydrogen-bond donors (Lipinski definition) is 1. The summed E-state index contributed by atoms with van der Waals surface area (Å²) < 4.78 is 1.68. The number of amides is 1. The molecule has 1 N–H and O–H groups in total. The molecule has 2 aromatic rings. The van der Waals surface area contributed by atoms with E-state index in [9.17, 15) is 4.79 Å². The zero-order valence-corrected chi connectivity index (χ0v) is 10.0. The Bertz CT molecular complexity index is 531. The smallest absolute Gasteiger partial charge is 0.271 e. The Morgan fingerprint density at radius 3 is 2.83 bits per heavy atom. The topological polar surface area (TPSA) is 46.9 Å². The highest BCUT2D eigenvalue weighted by atomic mass is 16.1. The summed E-state index contributed by atoms with van der Waals surface area (Å²) >= 11 is 0. The van der Waals surface area contributed by atoms with Crippen LogP contribution in [0.2, 0.25) is 0 Å². The summed E-state index contributed by atoms with van der Waals surface area (Å²) in [6, 6.07) is 11.4. The van der Waals surface area contributed by atoms with Crippen LogP contribution in [0.1, 0.15) is 16.9 Å². The first-order chi connectivity index (χ1) is 8.81. The average Bonchev–Trinajstić information content (AvgIpc) is 2.89. The van der Waals surface area contributed by atoms with E-state index >= 15 is 0 Å². The van der Waals surface area contributed by atoms with Gasteiger partial charge in [-0.15, -0.1) is 6.58 Å². The number of carbonyl (C=O) groups excluding carboxylic acids is 1. The lowest BCUT2D eigenvalue weighted by molar-refractivity contribution is 0.0949. The Labute approximate surface area is 106 Å². The van der Waals surface area contributed by atoms with Crippen LogP contribution in [0.4, 0.5) is 0 Å². The van der Waals surface area contributed by atoms with E-state index in [4.69, 9.17) is 0 Å². The highest BCUT2D eigenvalue weighted by molar-refractivity contribution is 5.92. The van der Waals surface area contributed by atoms with Crippen molar-refractivity contribution in [1.29, 1.82) is 0 Å². The van der Waals surface area contributed by atoms with Gasteiger partial charge in [0, 0.05) is 12.7 Å². The highest BCUT2D eigenvalue weighted by Crippen LogP contribution is 2.06. The van der Waals surface area contributed by atoms with Gasteiger partial charge in [-0.05, 0) is 24.6 Å². The third-order valence-electron chi connectivity index (χ3n) is 2.48. The second-order valence-corrected chi connectivity index (χ2v) is 3.81. The lowest BCUT2D eigenvalue weighted by atomic mass is 10.3. The second kappa shape index (κ2) is 5.82. The molecule has 0 bridgehead atoms. The number of para-hydroxylation sites is 1. The van der Waals surface area contributed by atoms with Gasteiger partial charge in [-0.2, -0.15) is 5.10 Å². The van der Waals surface area contributed by atoms with Gasteiger partial charge >= 0.3 is 0 Å². The molecule has 0 saturated heterocycles. The van der Waals surface area contributed by atoms with Crippen LogP contribution in [0.3, 0.4) is 0 Å². The highest BCUT2D eigenvalue weighted by Gasteiger charge is 2.08. The van der Waals surface area contributed by atoms with Gasteiger partial charge in [0.1, 0.15) is 0 Å². The molecule has 4 heteroatoms. The van der Waals surface area contributed by atoms with E-state index in [1.165, 1.54) is 0 Å². The van der Waals surface area contributed by atoms with Crippen molar-refractivity contribution < 1.29 is 4.79 Å². The number of carbonyl (C=O) groups is 1. The predicted octanol–water partition coefficient (Wildman–Crippen LogP) is 2.18. The minimum atomic E-state index is -0.161. The number of benzene rings is 1. The van der Waals surface area contributed by atoms with E-state index in [2.05, 4.69) is 17.0 Å². The summed E-state index contributed by atoms with van der Waals surface area (Å²) in [5.41, 5.74) is 1.35. The number of nitrogens with one attached hydrogen (secondary N) is 1. The largest absolute Gasteiger partial charge is 0.350 e. The molecular weight excluding hydrogens is 226 g/mol. The molecule has 1 heterocycles. The molecule has 1 amide bonds. The van der Waals surface area contributed by atoms with Gasteiger partial charge in [-0.3, -0.25) is 4.79 Å². The Balaban J connectivity index is 2.06. The molecule has 18 heavy (non-hydrogen) atoms. The molecule has 0 spiro atoms. The van der Waals surface area contributed by atoms with Gasteiger partial charge in [0.15, 0.2) is 5.69 Å². The molecule has 0 fully saturated rings. The molecule has 0 radical (unpaired) electrons. The Morgan fingerprint density at radius 2 is 2.11 bits per heavy atom. The van der Waals surface area contributed by atoms with E-state index in [0.29, 0.717) is 12.2 Å². The number of hydrogen-bond acceptors (Lipinski definition) is 2. The molecule has 1 aromatic heterocycles. The van der Waals surface area contributed by atoms with Crippen molar-refractivity contribution in [2.75, 3.05) is 6.54 Å². The summed E-state index contributed by atoms with van der Waals surface area (Å²) in [5, 5.41) is 7.02. The second-order valence-electron chi connectivity index (χ2n) is 3.81. The van der Waals surface area contributed by atoms with Gasteiger partial charge < -0.3 is 5.32 Å². The Kier molecular flexibility index (Phi) is 3.91. The number of aromatic nitrogens is 2. The molecular formula is C14H15N3O. The van der Waals surface area contributed by atoms with E-state index in [-0.39, 0.29) is 5.91 Å². The Hall–Kier alpha value is -2.36. The minimum Gasteiger partial charge on any atom is -0.350 e. The fourth-order valence-electron chi connectivity index (χ4n) is 1.55. The van der Waals surface area contributed by atoms with Crippen LogP contribution in [0.15, 0.2) is 55.3 Å². The standard InChI is InChI=1S/C14H15N3O/c1-2-3-10-15-14(18)13-9-11-17(16-13)12-7-5-4-6-8-12/h2,4-9,11H,1,3,10H2,(H,15,18). The van der Waals surface area contributed by atoms with Gasteiger partial charge in [-0.25, -0.2) is 4.68 Å². The molecule has 0 aliphatic heterocycles. The SMILES string of the molecule is C=CCCNC(=O)c1ccn(-c2ccccc2)n1. The Morgan fingerprint density at radius 1 is 1.33 bits per heavy atom. The van der Waals surface area contributed by atoms with Crippen LogP contribution in [-0.2, 0) is 0 Å². The molecule has 4 nitrogen and oxygen atoms in total. The van der Waals surface area contributed by atoms with Crippen LogP contribution in [-0.4, -0.2) is 22.2 Å². The average molecular weight is 241 g/mol. The molecule has 92 valence electrons. The summed E-state index contributed by atoms with van der Waals surface area (Å²) in [6.07, 6.45) is 4.30.